The van der Waals surface area contributed by atoms with Crippen LogP contribution in [0.15, 0.2) is 18.2 Å². The molecule has 4 heteroatoms. The van der Waals surface area contributed by atoms with Crippen molar-refractivity contribution in [3.05, 3.63) is 29.6 Å². The highest BCUT2D eigenvalue weighted by atomic mass is 19.1. The fraction of sp³-hybridized carbons (Fsp3) is 0.533. The minimum absolute atomic E-state index is 0.0945. The standard InChI is InChI=1S/C15H21FN2O/c1-3-4-5-6-10(2)17-14-12-9-11(16)7-8-13(12)18-15(14)19/h7-10,14,17H,3-6H2,1-2H3,(H,18,19). The molecular formula is C15H21FN2O. The van der Waals surface area contributed by atoms with E-state index in [4.69, 9.17) is 0 Å². The number of rotatable bonds is 6. The Hall–Kier alpha value is -1.42. The van der Waals surface area contributed by atoms with Crippen LogP contribution in [0.5, 0.6) is 0 Å². The predicted octanol–water partition coefficient (Wildman–Crippen LogP) is 3.38. The van der Waals surface area contributed by atoms with Crippen LogP contribution in [0.1, 0.15) is 51.1 Å². The van der Waals surface area contributed by atoms with Crippen LogP contribution in [0.4, 0.5) is 10.1 Å². The summed E-state index contributed by atoms with van der Waals surface area (Å²) < 4.78 is 13.3. The zero-order valence-corrected chi connectivity index (χ0v) is 11.5. The van der Waals surface area contributed by atoms with Gasteiger partial charge in [0.15, 0.2) is 0 Å². The highest BCUT2D eigenvalue weighted by Gasteiger charge is 2.31. The zero-order valence-electron chi connectivity index (χ0n) is 11.5. The minimum Gasteiger partial charge on any atom is -0.324 e. The van der Waals surface area contributed by atoms with Crippen molar-refractivity contribution in [2.75, 3.05) is 5.32 Å². The third-order valence-corrected chi connectivity index (χ3v) is 3.54. The van der Waals surface area contributed by atoms with Gasteiger partial charge in [0.25, 0.3) is 0 Å². The number of benzene rings is 1. The molecular weight excluding hydrogens is 243 g/mol. The molecule has 19 heavy (non-hydrogen) atoms. The minimum atomic E-state index is -0.428. The molecule has 1 amide bonds. The number of hydrogen-bond donors (Lipinski definition) is 2. The molecule has 0 bridgehead atoms. The van der Waals surface area contributed by atoms with Crippen LogP contribution in [0, 0.1) is 5.82 Å². The van der Waals surface area contributed by atoms with Crippen molar-refractivity contribution in [2.24, 2.45) is 0 Å². The summed E-state index contributed by atoms with van der Waals surface area (Å²) in [6.07, 6.45) is 4.57. The topological polar surface area (TPSA) is 41.1 Å². The van der Waals surface area contributed by atoms with E-state index in [1.807, 2.05) is 0 Å². The molecule has 1 aromatic rings. The number of nitrogens with one attached hydrogen (secondary N) is 2. The molecule has 1 aliphatic rings. The Balaban J connectivity index is 2.01. The van der Waals surface area contributed by atoms with E-state index in [1.165, 1.54) is 25.0 Å². The maximum absolute atomic E-state index is 13.3. The van der Waals surface area contributed by atoms with Crippen molar-refractivity contribution >= 4 is 11.6 Å². The Kier molecular flexibility index (Phi) is 4.53. The molecule has 2 unspecified atom stereocenters. The molecule has 0 spiro atoms. The number of hydrogen-bond acceptors (Lipinski definition) is 2. The second kappa shape index (κ2) is 6.15. The monoisotopic (exact) mass is 264 g/mol. The Morgan fingerprint density at radius 3 is 2.95 bits per heavy atom. The van der Waals surface area contributed by atoms with Crippen LogP contribution in [0.3, 0.4) is 0 Å². The largest absolute Gasteiger partial charge is 0.324 e. The summed E-state index contributed by atoms with van der Waals surface area (Å²) in [5.41, 5.74) is 1.43. The number of carbonyl (C=O) groups is 1. The van der Waals surface area contributed by atoms with Crippen LogP contribution in [0.25, 0.3) is 0 Å². The summed E-state index contributed by atoms with van der Waals surface area (Å²) in [5, 5.41) is 6.07. The maximum atomic E-state index is 13.3. The Morgan fingerprint density at radius 1 is 1.42 bits per heavy atom. The molecule has 0 fully saturated rings. The first kappa shape index (κ1) is 14.0. The number of carbonyl (C=O) groups excluding carboxylic acids is 1. The molecule has 0 radical (unpaired) electrons. The molecule has 2 atom stereocenters. The first-order valence-corrected chi connectivity index (χ1v) is 6.98. The van der Waals surface area contributed by atoms with E-state index in [0.29, 0.717) is 11.3 Å². The second-order valence-electron chi connectivity index (χ2n) is 5.22. The number of halogens is 1. The lowest BCUT2D eigenvalue weighted by atomic mass is 10.0. The summed E-state index contributed by atoms with van der Waals surface area (Å²) in [7, 11) is 0. The van der Waals surface area contributed by atoms with E-state index in [1.54, 1.807) is 6.07 Å². The Morgan fingerprint density at radius 2 is 2.21 bits per heavy atom. The highest BCUT2D eigenvalue weighted by Crippen LogP contribution is 2.31. The van der Waals surface area contributed by atoms with Gasteiger partial charge in [0.1, 0.15) is 11.9 Å². The summed E-state index contributed by atoms with van der Waals surface area (Å²) in [6, 6.07) is 4.24. The molecule has 1 aliphatic heterocycles. The number of amides is 1. The quantitative estimate of drug-likeness (QED) is 0.773. The third kappa shape index (κ3) is 3.32. The van der Waals surface area contributed by atoms with Gasteiger partial charge in [0, 0.05) is 17.3 Å². The average molecular weight is 264 g/mol. The maximum Gasteiger partial charge on any atom is 0.246 e. The van der Waals surface area contributed by atoms with E-state index in [2.05, 4.69) is 24.5 Å². The molecule has 0 aromatic heterocycles. The first-order valence-electron chi connectivity index (χ1n) is 6.98. The van der Waals surface area contributed by atoms with Crippen molar-refractivity contribution in [1.82, 2.24) is 5.32 Å². The van der Waals surface area contributed by atoms with E-state index in [0.717, 1.165) is 12.8 Å². The molecule has 2 N–H and O–H groups in total. The van der Waals surface area contributed by atoms with Gasteiger partial charge in [0.05, 0.1) is 0 Å². The van der Waals surface area contributed by atoms with Crippen molar-refractivity contribution in [3.63, 3.8) is 0 Å². The molecule has 1 aromatic carbocycles. The number of fused-ring (bicyclic) bond motifs is 1. The second-order valence-corrected chi connectivity index (χ2v) is 5.22. The van der Waals surface area contributed by atoms with Gasteiger partial charge in [-0.05, 0) is 31.5 Å². The van der Waals surface area contributed by atoms with Gasteiger partial charge < -0.3 is 5.32 Å². The van der Waals surface area contributed by atoms with Crippen molar-refractivity contribution in [2.45, 2.75) is 51.6 Å². The first-order chi connectivity index (χ1) is 9.11. The molecule has 3 nitrogen and oxygen atoms in total. The zero-order chi connectivity index (χ0) is 13.8. The van der Waals surface area contributed by atoms with Gasteiger partial charge in [-0.15, -0.1) is 0 Å². The van der Waals surface area contributed by atoms with Crippen molar-refractivity contribution in [1.29, 1.82) is 0 Å². The summed E-state index contributed by atoms with van der Waals surface area (Å²) in [6.45, 7) is 4.24. The predicted molar refractivity (Wildman–Crippen MR) is 74.5 cm³/mol. The summed E-state index contributed by atoms with van der Waals surface area (Å²) in [5.74, 6) is -0.399. The number of unbranched alkanes of at least 4 members (excludes halogenated alkanes) is 2. The lowest BCUT2D eigenvalue weighted by Crippen LogP contribution is -2.34. The van der Waals surface area contributed by atoms with E-state index < -0.39 is 6.04 Å². The smallest absolute Gasteiger partial charge is 0.246 e. The van der Waals surface area contributed by atoms with E-state index >= 15 is 0 Å². The van der Waals surface area contributed by atoms with Gasteiger partial charge >= 0.3 is 0 Å². The Bertz CT molecular complexity index is 461. The summed E-state index contributed by atoms with van der Waals surface area (Å²) >= 11 is 0. The molecule has 0 aliphatic carbocycles. The van der Waals surface area contributed by atoms with E-state index in [-0.39, 0.29) is 17.8 Å². The van der Waals surface area contributed by atoms with Crippen molar-refractivity contribution < 1.29 is 9.18 Å². The molecule has 0 saturated carbocycles. The average Bonchev–Trinajstić information content (AvgIpc) is 2.66. The molecule has 0 saturated heterocycles. The molecule has 1 heterocycles. The van der Waals surface area contributed by atoms with Crippen LogP contribution < -0.4 is 10.6 Å². The van der Waals surface area contributed by atoms with Crippen LogP contribution >= 0.6 is 0 Å². The number of anilines is 1. The van der Waals surface area contributed by atoms with Gasteiger partial charge in [-0.25, -0.2) is 4.39 Å². The molecule has 104 valence electrons. The van der Waals surface area contributed by atoms with Crippen LogP contribution in [-0.4, -0.2) is 11.9 Å². The van der Waals surface area contributed by atoms with Crippen LogP contribution in [-0.2, 0) is 4.79 Å². The fourth-order valence-corrected chi connectivity index (χ4v) is 2.47. The third-order valence-electron chi connectivity index (χ3n) is 3.54. The normalized spacial score (nSPS) is 19.1. The highest BCUT2D eigenvalue weighted by molar-refractivity contribution is 6.02. The summed E-state index contributed by atoms with van der Waals surface area (Å²) in [4.78, 5) is 11.9. The lowest BCUT2D eigenvalue weighted by molar-refractivity contribution is -0.117. The fourth-order valence-electron chi connectivity index (χ4n) is 2.47. The Labute approximate surface area is 113 Å². The SMILES string of the molecule is CCCCCC(C)NC1C(=O)Nc2ccc(F)cc21. The van der Waals surface area contributed by atoms with E-state index in [9.17, 15) is 9.18 Å². The van der Waals surface area contributed by atoms with Gasteiger partial charge in [-0.3, -0.25) is 10.1 Å². The van der Waals surface area contributed by atoms with Crippen LogP contribution in [0.2, 0.25) is 0 Å². The molecule has 2 rings (SSSR count). The van der Waals surface area contributed by atoms with Gasteiger partial charge in [-0.2, -0.15) is 0 Å². The lowest BCUT2D eigenvalue weighted by Gasteiger charge is -2.18. The van der Waals surface area contributed by atoms with Crippen molar-refractivity contribution in [3.8, 4) is 0 Å². The van der Waals surface area contributed by atoms with Gasteiger partial charge in [-0.1, -0.05) is 26.2 Å². The van der Waals surface area contributed by atoms with Gasteiger partial charge in [0.2, 0.25) is 5.91 Å².